The van der Waals surface area contributed by atoms with Crippen molar-refractivity contribution in [2.75, 3.05) is 0 Å². The van der Waals surface area contributed by atoms with E-state index in [0.717, 1.165) is 0 Å². The van der Waals surface area contributed by atoms with E-state index in [0.29, 0.717) is 17.0 Å². The second-order valence-electron chi connectivity index (χ2n) is 2.81. The van der Waals surface area contributed by atoms with Gasteiger partial charge in [-0.15, -0.1) is 6.58 Å². The van der Waals surface area contributed by atoms with Crippen molar-refractivity contribution in [3.05, 3.63) is 41.4 Å². The molecule has 70 valence electrons. The van der Waals surface area contributed by atoms with Gasteiger partial charge in [-0.1, -0.05) is 29.8 Å². The lowest BCUT2D eigenvalue weighted by molar-refractivity contribution is 0.462. The third kappa shape index (κ3) is 2.23. The summed E-state index contributed by atoms with van der Waals surface area (Å²) in [6, 6.07) is 4.91. The van der Waals surface area contributed by atoms with Crippen LogP contribution in [0.3, 0.4) is 0 Å². The van der Waals surface area contributed by atoms with Gasteiger partial charge in [0.2, 0.25) is 0 Å². The highest BCUT2D eigenvalue weighted by Crippen LogP contribution is 2.31. The van der Waals surface area contributed by atoms with Crippen LogP contribution in [0.4, 0.5) is 0 Å². The smallest absolute Gasteiger partial charge is 0.138 e. The van der Waals surface area contributed by atoms with Crippen molar-refractivity contribution in [1.82, 2.24) is 0 Å². The molecule has 0 aliphatic heterocycles. The van der Waals surface area contributed by atoms with E-state index in [-0.39, 0.29) is 11.8 Å². The van der Waals surface area contributed by atoms with E-state index in [1.165, 1.54) is 0 Å². The Kier molecular flexibility index (Phi) is 3.34. The molecule has 1 atom stereocenters. The molecule has 1 aromatic carbocycles. The molecule has 1 aromatic rings. The van der Waals surface area contributed by atoms with Crippen molar-refractivity contribution in [2.45, 2.75) is 12.5 Å². The predicted octanol–water partition coefficient (Wildman–Crippen LogP) is 2.62. The zero-order valence-corrected chi connectivity index (χ0v) is 7.96. The first kappa shape index (κ1) is 10.1. The number of hydrogen-bond donors (Lipinski definition) is 2. The van der Waals surface area contributed by atoms with E-state index in [4.69, 9.17) is 17.3 Å². The minimum atomic E-state index is -0.240. The van der Waals surface area contributed by atoms with Gasteiger partial charge in [0.05, 0.1) is 5.02 Å². The minimum Gasteiger partial charge on any atom is -0.506 e. The van der Waals surface area contributed by atoms with Crippen molar-refractivity contribution in [1.29, 1.82) is 0 Å². The van der Waals surface area contributed by atoms with Gasteiger partial charge >= 0.3 is 0 Å². The van der Waals surface area contributed by atoms with E-state index >= 15 is 0 Å². The second kappa shape index (κ2) is 4.30. The van der Waals surface area contributed by atoms with E-state index in [9.17, 15) is 5.11 Å². The fourth-order valence-electron chi connectivity index (χ4n) is 1.14. The maximum Gasteiger partial charge on any atom is 0.138 e. The van der Waals surface area contributed by atoms with Gasteiger partial charge in [-0.25, -0.2) is 0 Å². The fraction of sp³-hybridized carbons (Fsp3) is 0.200. The van der Waals surface area contributed by atoms with Gasteiger partial charge in [-0.2, -0.15) is 0 Å². The van der Waals surface area contributed by atoms with E-state index in [2.05, 4.69) is 6.58 Å². The Morgan fingerprint density at radius 3 is 2.92 bits per heavy atom. The van der Waals surface area contributed by atoms with Crippen molar-refractivity contribution in [3.8, 4) is 5.75 Å². The van der Waals surface area contributed by atoms with Crippen LogP contribution in [0.15, 0.2) is 30.9 Å². The largest absolute Gasteiger partial charge is 0.506 e. The molecule has 1 rings (SSSR count). The van der Waals surface area contributed by atoms with Crippen molar-refractivity contribution in [3.63, 3.8) is 0 Å². The Morgan fingerprint density at radius 2 is 2.31 bits per heavy atom. The van der Waals surface area contributed by atoms with Gasteiger partial charge in [0.25, 0.3) is 0 Å². The molecule has 3 heteroatoms. The van der Waals surface area contributed by atoms with Crippen molar-refractivity contribution in [2.24, 2.45) is 5.73 Å². The Balaban J connectivity index is 3.00. The van der Waals surface area contributed by atoms with Crippen LogP contribution in [-0.4, -0.2) is 5.11 Å². The number of halogens is 1. The molecule has 0 heterocycles. The standard InChI is InChI=1S/C10H12ClNO/c1-2-4-9(12)7-5-3-6-8(11)10(7)13/h2-3,5-6,9,13H,1,4,12H2/t9-/m1/s1. The summed E-state index contributed by atoms with van der Waals surface area (Å²) in [5.74, 6) is 0.0681. The second-order valence-corrected chi connectivity index (χ2v) is 3.22. The van der Waals surface area contributed by atoms with Gasteiger partial charge in [-0.05, 0) is 12.5 Å². The maximum atomic E-state index is 9.55. The summed E-state index contributed by atoms with van der Waals surface area (Å²) in [6.45, 7) is 3.58. The first-order valence-corrected chi connectivity index (χ1v) is 4.38. The number of phenolic OH excluding ortho intramolecular Hbond substituents is 1. The molecule has 0 saturated carbocycles. The zero-order valence-electron chi connectivity index (χ0n) is 7.20. The Bertz CT molecular complexity index is 312. The molecule has 0 aromatic heterocycles. The maximum absolute atomic E-state index is 9.55. The monoisotopic (exact) mass is 197 g/mol. The molecule has 2 nitrogen and oxygen atoms in total. The molecule has 3 N–H and O–H groups in total. The topological polar surface area (TPSA) is 46.2 Å². The van der Waals surface area contributed by atoms with E-state index in [1.54, 1.807) is 24.3 Å². The highest BCUT2D eigenvalue weighted by atomic mass is 35.5. The summed E-state index contributed by atoms with van der Waals surface area (Å²) >= 11 is 5.73. The molecular weight excluding hydrogens is 186 g/mol. The SMILES string of the molecule is C=CC[C@@H](N)c1cccc(Cl)c1O. The lowest BCUT2D eigenvalue weighted by atomic mass is 10.0. The third-order valence-electron chi connectivity index (χ3n) is 1.84. The highest BCUT2D eigenvalue weighted by Gasteiger charge is 2.10. The summed E-state index contributed by atoms with van der Waals surface area (Å²) in [5, 5.41) is 9.88. The number of nitrogens with two attached hydrogens (primary N) is 1. The fourth-order valence-corrected chi connectivity index (χ4v) is 1.32. The van der Waals surface area contributed by atoms with Crippen LogP contribution in [-0.2, 0) is 0 Å². The van der Waals surface area contributed by atoms with Crippen molar-refractivity contribution < 1.29 is 5.11 Å². The summed E-state index contributed by atoms with van der Waals surface area (Å²) < 4.78 is 0. The normalized spacial score (nSPS) is 12.5. The highest BCUT2D eigenvalue weighted by molar-refractivity contribution is 6.32. The van der Waals surface area contributed by atoms with Crippen LogP contribution >= 0.6 is 11.6 Å². The third-order valence-corrected chi connectivity index (χ3v) is 2.14. The van der Waals surface area contributed by atoms with E-state index in [1.807, 2.05) is 0 Å². The average molecular weight is 198 g/mol. The number of rotatable bonds is 3. The number of aromatic hydroxyl groups is 1. The van der Waals surface area contributed by atoms with Crippen LogP contribution < -0.4 is 5.73 Å². The number of benzene rings is 1. The number of hydrogen-bond acceptors (Lipinski definition) is 2. The molecular formula is C10H12ClNO. The molecule has 0 amide bonds. The summed E-state index contributed by atoms with van der Waals surface area (Å²) in [5.41, 5.74) is 6.44. The van der Waals surface area contributed by atoms with Gasteiger partial charge in [-0.3, -0.25) is 0 Å². The van der Waals surface area contributed by atoms with Crippen LogP contribution in [0.25, 0.3) is 0 Å². The Morgan fingerprint density at radius 1 is 1.62 bits per heavy atom. The molecule has 0 fully saturated rings. The lowest BCUT2D eigenvalue weighted by Gasteiger charge is -2.11. The molecule has 0 unspecified atom stereocenters. The van der Waals surface area contributed by atoms with Crippen molar-refractivity contribution >= 4 is 11.6 Å². The summed E-state index contributed by atoms with van der Waals surface area (Å²) in [7, 11) is 0. The minimum absolute atomic E-state index is 0.0681. The molecule has 0 bridgehead atoms. The average Bonchev–Trinajstić information content (AvgIpc) is 2.10. The summed E-state index contributed by atoms with van der Waals surface area (Å²) in [6.07, 6.45) is 2.33. The first-order chi connectivity index (χ1) is 6.16. The Labute approximate surface area is 82.6 Å². The predicted molar refractivity (Wildman–Crippen MR) is 54.9 cm³/mol. The van der Waals surface area contributed by atoms with Crippen LogP contribution in [0.1, 0.15) is 18.0 Å². The quantitative estimate of drug-likeness (QED) is 0.732. The van der Waals surface area contributed by atoms with Gasteiger partial charge in [0, 0.05) is 11.6 Å². The summed E-state index contributed by atoms with van der Waals surface area (Å²) in [4.78, 5) is 0. The molecule has 0 aliphatic carbocycles. The lowest BCUT2D eigenvalue weighted by Crippen LogP contribution is -2.09. The molecule has 0 aliphatic rings. The van der Waals surface area contributed by atoms with Gasteiger partial charge in [0.1, 0.15) is 5.75 Å². The van der Waals surface area contributed by atoms with Crippen LogP contribution in [0.5, 0.6) is 5.75 Å². The van der Waals surface area contributed by atoms with Crippen LogP contribution in [0, 0.1) is 0 Å². The number of phenols is 1. The van der Waals surface area contributed by atoms with Crippen LogP contribution in [0.2, 0.25) is 5.02 Å². The molecule has 13 heavy (non-hydrogen) atoms. The molecule has 0 spiro atoms. The van der Waals surface area contributed by atoms with Gasteiger partial charge in [0.15, 0.2) is 0 Å². The van der Waals surface area contributed by atoms with Gasteiger partial charge < -0.3 is 10.8 Å². The molecule has 0 saturated heterocycles. The number of para-hydroxylation sites is 1. The van der Waals surface area contributed by atoms with E-state index < -0.39 is 0 Å². The first-order valence-electron chi connectivity index (χ1n) is 4.00. The zero-order chi connectivity index (χ0) is 9.84. The molecule has 0 radical (unpaired) electrons. The Hall–Kier alpha value is -0.990.